The number of nitrogens with zero attached hydrogens (tertiary/aromatic N) is 2. The molecule has 1 aliphatic heterocycles. The number of nitrogens with one attached hydrogen (secondary N) is 1. The van der Waals surface area contributed by atoms with E-state index in [1.807, 2.05) is 6.07 Å². The number of hydrogen-bond donors (Lipinski definition) is 1. The van der Waals surface area contributed by atoms with E-state index in [9.17, 15) is 4.79 Å². The van der Waals surface area contributed by atoms with E-state index in [1.165, 1.54) is 10.7 Å². The molecule has 2 aromatic rings. The highest BCUT2D eigenvalue weighted by Crippen LogP contribution is 2.30. The van der Waals surface area contributed by atoms with E-state index in [-0.39, 0.29) is 11.6 Å². The molecule has 0 radical (unpaired) electrons. The van der Waals surface area contributed by atoms with E-state index in [2.05, 4.69) is 10.4 Å². The van der Waals surface area contributed by atoms with Crippen LogP contribution in [0, 0.1) is 0 Å². The number of hydrogen-bond acceptors (Lipinski definition) is 4. The smallest absolute Gasteiger partial charge is 0.267 e. The van der Waals surface area contributed by atoms with E-state index in [0.717, 1.165) is 18.7 Å². The quantitative estimate of drug-likeness (QED) is 0.935. The molecule has 3 rings (SSSR count). The van der Waals surface area contributed by atoms with Crippen LogP contribution in [0.1, 0.15) is 6.04 Å². The lowest BCUT2D eigenvalue weighted by atomic mass is 10.1. The predicted molar refractivity (Wildman–Crippen MR) is 77.4 cm³/mol. The van der Waals surface area contributed by atoms with Crippen LogP contribution in [-0.4, -0.2) is 30.0 Å². The molecule has 1 saturated heterocycles. The van der Waals surface area contributed by atoms with Crippen LogP contribution in [0.25, 0.3) is 11.3 Å². The average molecular weight is 292 g/mol. The number of aromatic nitrogens is 2. The van der Waals surface area contributed by atoms with Crippen molar-refractivity contribution >= 4 is 11.6 Å². The Labute approximate surface area is 121 Å². The molecule has 0 amide bonds. The molecule has 1 aromatic heterocycles. The number of ether oxygens (including phenoxy) is 1. The van der Waals surface area contributed by atoms with Crippen molar-refractivity contribution in [2.24, 2.45) is 0 Å². The first-order valence-electron chi connectivity index (χ1n) is 6.33. The zero-order valence-corrected chi connectivity index (χ0v) is 11.7. The van der Waals surface area contributed by atoms with Crippen LogP contribution in [0.3, 0.4) is 0 Å². The molecule has 2 heterocycles. The third-order valence-corrected chi connectivity index (χ3v) is 3.61. The maximum Gasteiger partial charge on any atom is 0.267 e. The normalized spacial score (nSPS) is 14.9. The Morgan fingerprint density at radius 2 is 2.15 bits per heavy atom. The predicted octanol–water partition coefficient (Wildman–Crippen LogP) is 1.72. The van der Waals surface area contributed by atoms with E-state index in [0.29, 0.717) is 16.5 Å². The van der Waals surface area contributed by atoms with Gasteiger partial charge in [-0.3, -0.25) is 4.79 Å². The summed E-state index contributed by atoms with van der Waals surface area (Å²) in [5.74, 6) is 0.641. The van der Waals surface area contributed by atoms with Crippen molar-refractivity contribution in [1.82, 2.24) is 15.1 Å². The lowest BCUT2D eigenvalue weighted by Crippen LogP contribution is -2.47. The first kappa shape index (κ1) is 13.1. The summed E-state index contributed by atoms with van der Waals surface area (Å²) >= 11 is 5.96. The molecule has 0 unspecified atom stereocenters. The summed E-state index contributed by atoms with van der Waals surface area (Å²) in [7, 11) is 1.58. The van der Waals surface area contributed by atoms with Gasteiger partial charge in [0.1, 0.15) is 5.75 Å². The minimum atomic E-state index is -0.0896. The fourth-order valence-electron chi connectivity index (χ4n) is 2.15. The standard InChI is InChI=1S/C14H14ClN3O2/c1-20-13-6-9(15)2-3-11(13)12-4-5-14(19)18(17-12)10-7-16-8-10/h2-6,10,16H,7-8H2,1H3. The first-order chi connectivity index (χ1) is 9.69. The number of benzene rings is 1. The van der Waals surface area contributed by atoms with Crippen molar-refractivity contribution in [2.45, 2.75) is 6.04 Å². The van der Waals surface area contributed by atoms with E-state index >= 15 is 0 Å². The van der Waals surface area contributed by atoms with Gasteiger partial charge in [0.05, 0.1) is 18.8 Å². The van der Waals surface area contributed by atoms with Crippen LogP contribution in [0.2, 0.25) is 5.02 Å². The summed E-state index contributed by atoms with van der Waals surface area (Å²) < 4.78 is 6.85. The molecule has 1 N–H and O–H groups in total. The summed E-state index contributed by atoms with van der Waals surface area (Å²) in [6.07, 6.45) is 0. The van der Waals surface area contributed by atoms with Gasteiger partial charge in [0.2, 0.25) is 0 Å². The van der Waals surface area contributed by atoms with Crippen LogP contribution in [-0.2, 0) is 0 Å². The average Bonchev–Trinajstić information content (AvgIpc) is 2.39. The molecule has 0 atom stereocenters. The van der Waals surface area contributed by atoms with Gasteiger partial charge in [-0.1, -0.05) is 11.6 Å². The number of halogens is 1. The van der Waals surface area contributed by atoms with Gasteiger partial charge in [-0.2, -0.15) is 5.10 Å². The third-order valence-electron chi connectivity index (χ3n) is 3.37. The third kappa shape index (κ3) is 2.30. The second kappa shape index (κ2) is 5.26. The molecule has 1 aliphatic rings. The lowest BCUT2D eigenvalue weighted by molar-refractivity contribution is 0.307. The zero-order valence-electron chi connectivity index (χ0n) is 11.0. The van der Waals surface area contributed by atoms with Crippen molar-refractivity contribution < 1.29 is 4.74 Å². The van der Waals surface area contributed by atoms with Crippen LogP contribution >= 0.6 is 11.6 Å². The van der Waals surface area contributed by atoms with Crippen LogP contribution in [0.5, 0.6) is 5.75 Å². The molecular weight excluding hydrogens is 278 g/mol. The zero-order chi connectivity index (χ0) is 14.1. The molecule has 20 heavy (non-hydrogen) atoms. The molecule has 0 spiro atoms. The van der Waals surface area contributed by atoms with E-state index in [4.69, 9.17) is 16.3 Å². The highest BCUT2D eigenvalue weighted by Gasteiger charge is 2.21. The van der Waals surface area contributed by atoms with Crippen LogP contribution in [0.15, 0.2) is 35.1 Å². The molecule has 1 aromatic carbocycles. The van der Waals surface area contributed by atoms with Gasteiger partial charge in [0.25, 0.3) is 5.56 Å². The maximum absolute atomic E-state index is 11.9. The Kier molecular flexibility index (Phi) is 3.46. The highest BCUT2D eigenvalue weighted by atomic mass is 35.5. The van der Waals surface area contributed by atoms with Gasteiger partial charge in [0.15, 0.2) is 0 Å². The van der Waals surface area contributed by atoms with Gasteiger partial charge in [-0.05, 0) is 24.3 Å². The van der Waals surface area contributed by atoms with Gasteiger partial charge >= 0.3 is 0 Å². The molecule has 1 fully saturated rings. The van der Waals surface area contributed by atoms with Crippen molar-refractivity contribution in [3.63, 3.8) is 0 Å². The molecule has 6 heteroatoms. The number of methoxy groups -OCH3 is 1. The summed E-state index contributed by atoms with van der Waals surface area (Å²) in [4.78, 5) is 11.9. The summed E-state index contributed by atoms with van der Waals surface area (Å²) in [6, 6.07) is 8.73. The lowest BCUT2D eigenvalue weighted by Gasteiger charge is -2.28. The fourth-order valence-corrected chi connectivity index (χ4v) is 2.32. The second-order valence-corrected chi connectivity index (χ2v) is 5.09. The Bertz CT molecular complexity index is 695. The van der Waals surface area contributed by atoms with Gasteiger partial charge in [0, 0.05) is 29.7 Å². The maximum atomic E-state index is 11.9. The Balaban J connectivity index is 2.08. The summed E-state index contributed by atoms with van der Waals surface area (Å²) in [6.45, 7) is 1.54. The van der Waals surface area contributed by atoms with Gasteiger partial charge < -0.3 is 10.1 Å². The first-order valence-corrected chi connectivity index (χ1v) is 6.71. The van der Waals surface area contributed by atoms with Crippen molar-refractivity contribution in [1.29, 1.82) is 0 Å². The largest absolute Gasteiger partial charge is 0.496 e. The van der Waals surface area contributed by atoms with Crippen molar-refractivity contribution in [2.75, 3.05) is 20.2 Å². The minimum Gasteiger partial charge on any atom is -0.496 e. The molecular formula is C14H14ClN3O2. The minimum absolute atomic E-state index is 0.0896. The molecule has 0 saturated carbocycles. The Hall–Kier alpha value is -1.85. The highest BCUT2D eigenvalue weighted by molar-refractivity contribution is 6.30. The van der Waals surface area contributed by atoms with Crippen LogP contribution < -0.4 is 15.6 Å². The van der Waals surface area contributed by atoms with E-state index < -0.39 is 0 Å². The summed E-state index contributed by atoms with van der Waals surface area (Å²) in [5.41, 5.74) is 1.43. The molecule has 0 bridgehead atoms. The Morgan fingerprint density at radius 3 is 2.80 bits per heavy atom. The monoisotopic (exact) mass is 291 g/mol. The second-order valence-electron chi connectivity index (χ2n) is 4.66. The summed E-state index contributed by atoms with van der Waals surface area (Å²) in [5, 5.41) is 8.18. The van der Waals surface area contributed by atoms with Gasteiger partial charge in [-0.25, -0.2) is 4.68 Å². The Morgan fingerprint density at radius 1 is 1.35 bits per heavy atom. The molecule has 5 nitrogen and oxygen atoms in total. The fraction of sp³-hybridized carbons (Fsp3) is 0.286. The molecule has 104 valence electrons. The number of rotatable bonds is 3. The molecule has 0 aliphatic carbocycles. The topological polar surface area (TPSA) is 56.1 Å². The van der Waals surface area contributed by atoms with Crippen LogP contribution in [0.4, 0.5) is 0 Å². The van der Waals surface area contributed by atoms with Gasteiger partial charge in [-0.15, -0.1) is 0 Å². The van der Waals surface area contributed by atoms with E-state index in [1.54, 1.807) is 25.3 Å². The SMILES string of the molecule is COc1cc(Cl)ccc1-c1ccc(=O)n(C2CNC2)n1. The van der Waals surface area contributed by atoms with Crippen molar-refractivity contribution in [3.8, 4) is 17.0 Å². The van der Waals surface area contributed by atoms with Crippen molar-refractivity contribution in [3.05, 3.63) is 45.7 Å².